The summed E-state index contributed by atoms with van der Waals surface area (Å²) in [5.41, 5.74) is -1.55. The summed E-state index contributed by atoms with van der Waals surface area (Å²) in [6.07, 6.45) is 0. The van der Waals surface area contributed by atoms with Crippen molar-refractivity contribution in [1.82, 2.24) is 14.7 Å². The largest absolute Gasteiger partial charge is 0.421 e. The summed E-state index contributed by atoms with van der Waals surface area (Å²) in [6.45, 7) is 1.71. The van der Waals surface area contributed by atoms with Gasteiger partial charge in [-0.1, -0.05) is 4.73 Å². The highest BCUT2D eigenvalue weighted by Gasteiger charge is 2.09. The van der Waals surface area contributed by atoms with E-state index in [0.717, 1.165) is 0 Å². The second-order valence-electron chi connectivity index (χ2n) is 2.46. The zero-order valence-corrected chi connectivity index (χ0v) is 7.38. The Kier molecular flexibility index (Phi) is 1.49. The van der Waals surface area contributed by atoms with Gasteiger partial charge in [-0.2, -0.15) is 0 Å². The van der Waals surface area contributed by atoms with E-state index in [1.165, 1.54) is 11.3 Å². The van der Waals surface area contributed by atoms with E-state index in [9.17, 15) is 9.59 Å². The molecule has 0 spiro atoms. The maximum absolute atomic E-state index is 11.2. The predicted octanol–water partition coefficient (Wildman–Crippen LogP) is -0.308. The summed E-state index contributed by atoms with van der Waals surface area (Å²) in [4.78, 5) is 28.7. The molecule has 2 aromatic heterocycles. The molecule has 0 saturated heterocycles. The standard InChI is InChI=1S/C6H5N3O3S/c1-2-7-3-4(13-2)8-6(11)9(12)5(3)10/h12H,1H3,(H,8,11). The lowest BCUT2D eigenvalue weighted by atomic mass is 10.6. The lowest BCUT2D eigenvalue weighted by Crippen LogP contribution is -2.32. The van der Waals surface area contributed by atoms with E-state index in [1.54, 1.807) is 6.92 Å². The minimum atomic E-state index is -0.846. The molecule has 0 fully saturated rings. The van der Waals surface area contributed by atoms with Gasteiger partial charge in [-0.15, -0.1) is 11.3 Å². The first-order valence-electron chi connectivity index (χ1n) is 3.41. The van der Waals surface area contributed by atoms with E-state index >= 15 is 0 Å². The molecule has 0 saturated carbocycles. The summed E-state index contributed by atoms with van der Waals surface area (Å²) < 4.78 is 0.0154. The van der Waals surface area contributed by atoms with E-state index in [1.807, 2.05) is 0 Å². The van der Waals surface area contributed by atoms with Crippen LogP contribution in [0.15, 0.2) is 9.59 Å². The van der Waals surface area contributed by atoms with Gasteiger partial charge in [-0.05, 0) is 6.92 Å². The maximum Gasteiger partial charge on any atom is 0.363 e. The van der Waals surface area contributed by atoms with Gasteiger partial charge in [0.05, 0.1) is 5.01 Å². The fraction of sp³-hybridized carbons (Fsp3) is 0.167. The second-order valence-corrected chi connectivity index (χ2v) is 3.66. The molecule has 68 valence electrons. The van der Waals surface area contributed by atoms with Crippen molar-refractivity contribution in [3.05, 3.63) is 25.8 Å². The number of fused-ring (bicyclic) bond motifs is 1. The highest BCUT2D eigenvalue weighted by molar-refractivity contribution is 7.18. The van der Waals surface area contributed by atoms with Crippen LogP contribution in [-0.2, 0) is 0 Å². The van der Waals surface area contributed by atoms with Crippen molar-refractivity contribution in [2.75, 3.05) is 0 Å². The van der Waals surface area contributed by atoms with Gasteiger partial charge < -0.3 is 5.21 Å². The Labute approximate surface area is 75.1 Å². The first kappa shape index (κ1) is 7.99. The van der Waals surface area contributed by atoms with Crippen LogP contribution < -0.4 is 11.2 Å². The normalized spacial score (nSPS) is 10.8. The molecule has 2 heterocycles. The monoisotopic (exact) mass is 199 g/mol. The van der Waals surface area contributed by atoms with Gasteiger partial charge in [-0.3, -0.25) is 9.78 Å². The number of hydrogen-bond donors (Lipinski definition) is 2. The van der Waals surface area contributed by atoms with Crippen LogP contribution in [0.2, 0.25) is 0 Å². The highest BCUT2D eigenvalue weighted by Crippen LogP contribution is 2.13. The molecule has 0 atom stereocenters. The van der Waals surface area contributed by atoms with Crippen LogP contribution >= 0.6 is 11.3 Å². The van der Waals surface area contributed by atoms with Gasteiger partial charge in [0.25, 0.3) is 0 Å². The summed E-state index contributed by atoms with van der Waals surface area (Å²) in [5, 5.41) is 9.60. The first-order chi connectivity index (χ1) is 6.09. The lowest BCUT2D eigenvalue weighted by molar-refractivity contribution is 0.162. The van der Waals surface area contributed by atoms with E-state index in [4.69, 9.17) is 5.21 Å². The summed E-state index contributed by atoms with van der Waals surface area (Å²) in [6, 6.07) is 0. The number of rotatable bonds is 0. The molecule has 0 aliphatic rings. The first-order valence-corrected chi connectivity index (χ1v) is 4.23. The molecule has 13 heavy (non-hydrogen) atoms. The Bertz CT molecular complexity index is 579. The van der Waals surface area contributed by atoms with E-state index in [2.05, 4.69) is 9.97 Å². The Balaban J connectivity index is 3.10. The fourth-order valence-corrected chi connectivity index (χ4v) is 1.80. The number of hydrogen-bond acceptors (Lipinski definition) is 5. The molecule has 7 heteroatoms. The van der Waals surface area contributed by atoms with Crippen molar-refractivity contribution in [1.29, 1.82) is 0 Å². The summed E-state index contributed by atoms with van der Waals surface area (Å²) in [5.74, 6) is 0. The van der Waals surface area contributed by atoms with Gasteiger partial charge >= 0.3 is 11.2 Å². The van der Waals surface area contributed by atoms with E-state index < -0.39 is 11.2 Å². The lowest BCUT2D eigenvalue weighted by Gasteiger charge is -1.91. The zero-order valence-electron chi connectivity index (χ0n) is 6.57. The molecule has 0 aliphatic heterocycles. The molecule has 2 N–H and O–H groups in total. The number of nitrogens with zero attached hydrogens (tertiary/aromatic N) is 2. The maximum atomic E-state index is 11.2. The van der Waals surface area contributed by atoms with Crippen LogP contribution in [0.5, 0.6) is 0 Å². The van der Waals surface area contributed by atoms with Gasteiger partial charge in [0.2, 0.25) is 0 Å². The van der Waals surface area contributed by atoms with Crippen molar-refractivity contribution in [2.24, 2.45) is 0 Å². The molecular formula is C6H5N3O3S. The molecule has 2 rings (SSSR count). The van der Waals surface area contributed by atoms with E-state index in [0.29, 0.717) is 9.84 Å². The number of aryl methyl sites for hydroxylation is 1. The predicted molar refractivity (Wildman–Crippen MR) is 46.4 cm³/mol. The minimum Gasteiger partial charge on any atom is -0.421 e. The average molecular weight is 199 g/mol. The van der Waals surface area contributed by atoms with Gasteiger partial charge in [0.1, 0.15) is 4.83 Å². The van der Waals surface area contributed by atoms with Crippen molar-refractivity contribution in [2.45, 2.75) is 6.92 Å². The van der Waals surface area contributed by atoms with Gasteiger partial charge in [0.15, 0.2) is 5.52 Å². The Morgan fingerprint density at radius 2 is 2.23 bits per heavy atom. The molecule has 6 nitrogen and oxygen atoms in total. The van der Waals surface area contributed by atoms with Crippen molar-refractivity contribution in [3.63, 3.8) is 0 Å². The zero-order chi connectivity index (χ0) is 9.59. The third kappa shape index (κ3) is 1.04. The number of H-pyrrole nitrogens is 1. The number of thiazole rings is 1. The molecule has 0 aliphatic carbocycles. The van der Waals surface area contributed by atoms with Crippen LogP contribution in [-0.4, -0.2) is 19.9 Å². The Morgan fingerprint density at radius 3 is 2.92 bits per heavy atom. The summed E-state index contributed by atoms with van der Waals surface area (Å²) in [7, 11) is 0. The molecule has 2 aromatic rings. The number of aromatic nitrogens is 3. The fourth-order valence-electron chi connectivity index (χ4n) is 0.999. The van der Waals surface area contributed by atoms with Gasteiger partial charge in [0, 0.05) is 0 Å². The Hall–Kier alpha value is -1.63. The van der Waals surface area contributed by atoms with Crippen LogP contribution in [0, 0.1) is 6.92 Å². The number of nitrogens with one attached hydrogen (secondary N) is 1. The summed E-state index contributed by atoms with van der Waals surface area (Å²) >= 11 is 1.20. The van der Waals surface area contributed by atoms with Crippen LogP contribution in [0.25, 0.3) is 10.3 Å². The molecule has 0 bridgehead atoms. The average Bonchev–Trinajstić information content (AvgIpc) is 2.42. The number of aromatic amines is 1. The van der Waals surface area contributed by atoms with Crippen LogP contribution in [0.3, 0.4) is 0 Å². The van der Waals surface area contributed by atoms with Gasteiger partial charge in [-0.25, -0.2) is 9.78 Å². The van der Waals surface area contributed by atoms with Crippen molar-refractivity contribution >= 4 is 21.7 Å². The smallest absolute Gasteiger partial charge is 0.363 e. The Morgan fingerprint density at radius 1 is 1.54 bits per heavy atom. The molecule has 0 unspecified atom stereocenters. The topological polar surface area (TPSA) is 88.0 Å². The third-order valence-corrected chi connectivity index (χ3v) is 2.43. The molecular weight excluding hydrogens is 194 g/mol. The van der Waals surface area contributed by atoms with Crippen molar-refractivity contribution in [3.8, 4) is 0 Å². The molecule has 0 aromatic carbocycles. The molecule has 0 radical (unpaired) electrons. The highest BCUT2D eigenvalue weighted by atomic mass is 32.1. The van der Waals surface area contributed by atoms with Crippen LogP contribution in [0.4, 0.5) is 0 Å². The van der Waals surface area contributed by atoms with E-state index in [-0.39, 0.29) is 10.2 Å². The molecule has 0 amide bonds. The second kappa shape index (κ2) is 2.43. The van der Waals surface area contributed by atoms with Crippen LogP contribution in [0.1, 0.15) is 5.01 Å². The third-order valence-electron chi connectivity index (χ3n) is 1.54. The quantitative estimate of drug-likeness (QED) is 0.570. The van der Waals surface area contributed by atoms with Crippen molar-refractivity contribution < 1.29 is 5.21 Å². The minimum absolute atomic E-state index is 0.0154. The SMILES string of the molecule is Cc1nc2c(=O)n(O)c(=O)[nH]c2s1.